The average molecular weight is 169 g/mol. The molecule has 0 aromatic heterocycles. The molecule has 7 heteroatoms. The zero-order valence-corrected chi connectivity index (χ0v) is 4.94. The first-order valence-electron chi connectivity index (χ1n) is 0.816. The van der Waals surface area contributed by atoms with Crippen molar-refractivity contribution in [2.24, 2.45) is 0 Å². The van der Waals surface area contributed by atoms with E-state index in [-0.39, 0.29) is 22.0 Å². The van der Waals surface area contributed by atoms with Gasteiger partial charge in [-0.3, -0.25) is 0 Å². The quantitative estimate of drug-likeness (QED) is 0.334. The standard InChI is InChI=1S/Ni.O4Si.H2O/c;1-5(2,3)4;/h;;1H2/q;-4;. The molecule has 50 valence electrons. The van der Waals surface area contributed by atoms with E-state index in [9.17, 15) is 0 Å². The Kier molecular flexibility index (Phi) is 10.4. The molecule has 0 aromatic carbocycles. The van der Waals surface area contributed by atoms with Crippen molar-refractivity contribution in [1.29, 1.82) is 0 Å². The van der Waals surface area contributed by atoms with Crippen LogP contribution in [0.5, 0.6) is 0 Å². The maximum atomic E-state index is 8.58. The second kappa shape index (κ2) is 4.66. The second-order valence-corrected chi connectivity index (χ2v) is 1.50. The SMILES string of the molecule is O.[Ni].[O-][Si]([O-])([O-])[O-]. The Hall–Kier alpha value is 0.510. The molecule has 7 heavy (non-hydrogen) atoms. The maximum Gasteiger partial charge on any atom is 0 e. The molecule has 0 heterocycles. The van der Waals surface area contributed by atoms with Gasteiger partial charge in [0.1, 0.15) is 0 Å². The molecule has 0 aromatic rings. The Balaban J connectivity index is -0.0000000800. The van der Waals surface area contributed by atoms with Crippen LogP contribution < -0.4 is 19.2 Å². The van der Waals surface area contributed by atoms with Gasteiger partial charge >= 0.3 is 0 Å². The van der Waals surface area contributed by atoms with E-state index < -0.39 is 9.05 Å². The van der Waals surface area contributed by atoms with Gasteiger partial charge in [0.05, 0.1) is 0 Å². The Bertz CT molecular complexity index is 23.6. The van der Waals surface area contributed by atoms with Crippen molar-refractivity contribution in [2.45, 2.75) is 0 Å². The summed E-state index contributed by atoms with van der Waals surface area (Å²) in [6, 6.07) is 0. The Morgan fingerprint density at radius 1 is 0.857 bits per heavy atom. The molecule has 5 nitrogen and oxygen atoms in total. The van der Waals surface area contributed by atoms with Crippen molar-refractivity contribution in [2.75, 3.05) is 0 Å². The van der Waals surface area contributed by atoms with Crippen molar-refractivity contribution in [3.8, 4) is 0 Å². The molecular weight excluding hydrogens is 167 g/mol. The minimum absolute atomic E-state index is 0. The molecular formula is H2NiO5Si-4. The normalized spacial score (nSPS) is 8.57. The van der Waals surface area contributed by atoms with Gasteiger partial charge in [-0.1, -0.05) is 0 Å². The van der Waals surface area contributed by atoms with Crippen LogP contribution in [-0.2, 0) is 16.5 Å². The summed E-state index contributed by atoms with van der Waals surface area (Å²) in [5.74, 6) is 0. The Morgan fingerprint density at radius 3 is 0.857 bits per heavy atom. The molecule has 0 bridgehead atoms. The molecule has 0 saturated carbocycles. The van der Waals surface area contributed by atoms with Gasteiger partial charge in [0, 0.05) is 16.5 Å². The third-order valence-corrected chi connectivity index (χ3v) is 0. The van der Waals surface area contributed by atoms with Crippen LogP contribution in [0.25, 0.3) is 0 Å². The van der Waals surface area contributed by atoms with E-state index in [1.54, 1.807) is 0 Å². The summed E-state index contributed by atoms with van der Waals surface area (Å²) in [5, 5.41) is 0. The first kappa shape index (κ1) is 15.6. The minimum atomic E-state index is -5.61. The summed E-state index contributed by atoms with van der Waals surface area (Å²) in [4.78, 5) is 34.3. The summed E-state index contributed by atoms with van der Waals surface area (Å²) in [6.07, 6.45) is 0. The molecule has 0 saturated heterocycles. The van der Waals surface area contributed by atoms with E-state index in [1.807, 2.05) is 0 Å². The Labute approximate surface area is 51.0 Å². The van der Waals surface area contributed by atoms with Crippen molar-refractivity contribution < 1.29 is 41.2 Å². The van der Waals surface area contributed by atoms with Gasteiger partial charge in [0.25, 0.3) is 0 Å². The van der Waals surface area contributed by atoms with Crippen molar-refractivity contribution in [1.82, 2.24) is 0 Å². The molecule has 0 fully saturated rings. The van der Waals surface area contributed by atoms with Crippen LogP contribution in [0.2, 0.25) is 0 Å². The summed E-state index contributed by atoms with van der Waals surface area (Å²) < 4.78 is 0. The Morgan fingerprint density at radius 2 is 0.857 bits per heavy atom. The third kappa shape index (κ3) is 508. The van der Waals surface area contributed by atoms with Crippen LogP contribution in [0.4, 0.5) is 0 Å². The molecule has 0 unspecified atom stereocenters. The molecule has 0 aliphatic rings. The van der Waals surface area contributed by atoms with Gasteiger partial charge in [-0.15, -0.1) is 0 Å². The first-order valence-corrected chi connectivity index (χ1v) is 2.45. The smallest absolute Gasteiger partial charge is 0 e. The maximum absolute atomic E-state index is 8.58. The van der Waals surface area contributed by atoms with Crippen LogP contribution >= 0.6 is 0 Å². The van der Waals surface area contributed by atoms with Gasteiger partial charge in [-0.2, -0.15) is 0 Å². The first-order chi connectivity index (χ1) is 2.00. The monoisotopic (exact) mass is 168 g/mol. The number of rotatable bonds is 0. The zero-order valence-electron chi connectivity index (χ0n) is 2.95. The van der Waals surface area contributed by atoms with Crippen LogP contribution in [0, 0.1) is 0 Å². The van der Waals surface area contributed by atoms with E-state index in [2.05, 4.69) is 0 Å². The van der Waals surface area contributed by atoms with Gasteiger partial charge < -0.3 is 33.7 Å². The molecule has 0 aliphatic carbocycles. The summed E-state index contributed by atoms with van der Waals surface area (Å²) >= 11 is 0. The minimum Gasteiger partial charge on any atom is -0.894 e. The van der Waals surface area contributed by atoms with Gasteiger partial charge in [-0.25, -0.2) is 0 Å². The van der Waals surface area contributed by atoms with E-state index in [0.717, 1.165) is 0 Å². The fraction of sp³-hybridized carbons (Fsp3) is 0. The van der Waals surface area contributed by atoms with Gasteiger partial charge in [-0.05, 0) is 0 Å². The average Bonchev–Trinajstić information content (AvgIpc) is 0.722. The predicted molar refractivity (Wildman–Crippen MR) is 9.37 cm³/mol. The van der Waals surface area contributed by atoms with Crippen LogP contribution in [0.3, 0.4) is 0 Å². The summed E-state index contributed by atoms with van der Waals surface area (Å²) in [7, 11) is -5.61. The molecule has 0 spiro atoms. The number of hydrogen-bond acceptors (Lipinski definition) is 4. The molecule has 0 radical (unpaired) electrons. The van der Waals surface area contributed by atoms with Gasteiger partial charge in [0.15, 0.2) is 0 Å². The van der Waals surface area contributed by atoms with Crippen molar-refractivity contribution in [3.63, 3.8) is 0 Å². The van der Waals surface area contributed by atoms with Crippen LogP contribution in [-0.4, -0.2) is 14.5 Å². The van der Waals surface area contributed by atoms with E-state index in [1.165, 1.54) is 0 Å². The predicted octanol–water partition coefficient (Wildman–Crippen LogP) is -5.96. The summed E-state index contributed by atoms with van der Waals surface area (Å²) in [5.41, 5.74) is 0. The van der Waals surface area contributed by atoms with Crippen LogP contribution in [0.15, 0.2) is 0 Å². The van der Waals surface area contributed by atoms with E-state index in [4.69, 9.17) is 19.2 Å². The fourth-order valence-corrected chi connectivity index (χ4v) is 0. The van der Waals surface area contributed by atoms with Crippen molar-refractivity contribution >= 4 is 9.05 Å². The second-order valence-electron chi connectivity index (χ2n) is 0.500. The summed E-state index contributed by atoms with van der Waals surface area (Å²) in [6.45, 7) is 0. The number of hydrogen-bond donors (Lipinski definition) is 0. The zero-order chi connectivity index (χ0) is 4.50. The van der Waals surface area contributed by atoms with Gasteiger partial charge in [0.2, 0.25) is 0 Å². The topological polar surface area (TPSA) is 124 Å². The van der Waals surface area contributed by atoms with E-state index >= 15 is 0 Å². The third-order valence-electron chi connectivity index (χ3n) is 0. The molecule has 0 aliphatic heterocycles. The van der Waals surface area contributed by atoms with Crippen LogP contribution in [0.1, 0.15) is 0 Å². The van der Waals surface area contributed by atoms with Crippen molar-refractivity contribution in [3.05, 3.63) is 0 Å². The molecule has 0 atom stereocenters. The fourth-order valence-electron chi connectivity index (χ4n) is 0. The van der Waals surface area contributed by atoms with E-state index in [0.29, 0.717) is 0 Å². The molecule has 0 rings (SSSR count). The molecule has 2 N–H and O–H groups in total. The molecule has 0 amide bonds. The largest absolute Gasteiger partial charge is 0.894 e.